The predicted octanol–water partition coefficient (Wildman–Crippen LogP) is 3.01. The zero-order chi connectivity index (χ0) is 18.8. The van der Waals surface area contributed by atoms with Gasteiger partial charge in [0.05, 0.1) is 10.7 Å². The van der Waals surface area contributed by atoms with E-state index in [2.05, 4.69) is 16.8 Å². The molecule has 0 N–H and O–H groups in total. The fourth-order valence-electron chi connectivity index (χ4n) is 3.18. The second-order valence-electron chi connectivity index (χ2n) is 6.49. The molecule has 1 aliphatic rings. The van der Waals surface area contributed by atoms with Gasteiger partial charge in [0.2, 0.25) is 0 Å². The van der Waals surface area contributed by atoms with Gasteiger partial charge in [0.1, 0.15) is 18.4 Å². The minimum Gasteiger partial charge on any atom is -0.486 e. The van der Waals surface area contributed by atoms with E-state index in [0.29, 0.717) is 30.4 Å². The van der Waals surface area contributed by atoms with Crippen LogP contribution in [-0.2, 0) is 6.54 Å². The van der Waals surface area contributed by atoms with Gasteiger partial charge < -0.3 is 9.47 Å². The Balaban J connectivity index is 1.49. The molecule has 7 heteroatoms. The lowest BCUT2D eigenvalue weighted by atomic mass is 10.2. The maximum Gasteiger partial charge on any atom is 0.258 e. The molecular weight excluding hydrogens is 366 g/mol. The molecule has 3 heterocycles. The van der Waals surface area contributed by atoms with Crippen molar-refractivity contribution in [1.82, 2.24) is 14.3 Å². The molecule has 1 atom stereocenters. The van der Waals surface area contributed by atoms with E-state index >= 15 is 0 Å². The molecule has 0 saturated heterocycles. The molecule has 6 nitrogen and oxygen atoms in total. The minimum absolute atomic E-state index is 0.0693. The zero-order valence-electron chi connectivity index (χ0n) is 15.0. The van der Waals surface area contributed by atoms with Gasteiger partial charge in [-0.15, -0.1) is 0 Å². The average Bonchev–Trinajstić information content (AvgIpc) is 2.68. The molecular formula is C20H20ClN3O3. The first kappa shape index (κ1) is 17.8. The molecule has 140 valence electrons. The first-order chi connectivity index (χ1) is 13.1. The molecule has 0 unspecified atom stereocenters. The quantitative estimate of drug-likeness (QED) is 0.675. The fraction of sp³-hybridized carbons (Fsp3) is 0.300. The van der Waals surface area contributed by atoms with Crippen molar-refractivity contribution < 1.29 is 9.47 Å². The number of aromatic nitrogens is 2. The van der Waals surface area contributed by atoms with Crippen LogP contribution in [0.1, 0.15) is 12.6 Å². The van der Waals surface area contributed by atoms with Crippen LogP contribution in [0.3, 0.4) is 0 Å². The lowest BCUT2D eigenvalue weighted by Gasteiger charge is -2.30. The average molecular weight is 386 g/mol. The van der Waals surface area contributed by atoms with Crippen LogP contribution < -0.4 is 15.0 Å². The van der Waals surface area contributed by atoms with Gasteiger partial charge in [-0.25, -0.2) is 4.98 Å². The van der Waals surface area contributed by atoms with Crippen molar-refractivity contribution in [3.8, 4) is 11.5 Å². The van der Waals surface area contributed by atoms with E-state index in [1.54, 1.807) is 24.4 Å². The number of likely N-dealkylation sites (N-methyl/N-ethyl adjacent to an activating group) is 1. The molecule has 2 aromatic heterocycles. The molecule has 0 saturated carbocycles. The first-order valence-corrected chi connectivity index (χ1v) is 9.29. The maximum atomic E-state index is 12.3. The first-order valence-electron chi connectivity index (χ1n) is 8.91. The fourth-order valence-corrected chi connectivity index (χ4v) is 3.34. The van der Waals surface area contributed by atoms with Crippen molar-refractivity contribution in [1.29, 1.82) is 0 Å². The number of benzene rings is 1. The standard InChI is InChI=1S/C20H20ClN3O3/c1-2-23(12-16-13-26-17-5-3-4-6-18(17)27-16)11-15-9-20(25)24-10-14(21)7-8-19(24)22-15/h3-10,16H,2,11-13H2,1H3/t16-/m0/s1. The van der Waals surface area contributed by atoms with Crippen LogP contribution in [0, 0.1) is 0 Å². The van der Waals surface area contributed by atoms with E-state index in [1.807, 2.05) is 24.3 Å². The van der Waals surface area contributed by atoms with Gasteiger partial charge in [-0.05, 0) is 30.8 Å². The number of nitrogens with zero attached hydrogens (tertiary/aromatic N) is 3. The number of fused-ring (bicyclic) bond motifs is 2. The molecule has 0 amide bonds. The molecule has 1 aliphatic heterocycles. The number of halogens is 1. The van der Waals surface area contributed by atoms with Gasteiger partial charge >= 0.3 is 0 Å². The summed E-state index contributed by atoms with van der Waals surface area (Å²) in [6.45, 7) is 4.63. The smallest absolute Gasteiger partial charge is 0.258 e. The molecule has 27 heavy (non-hydrogen) atoms. The van der Waals surface area contributed by atoms with Crippen LogP contribution in [0.2, 0.25) is 5.02 Å². The number of ether oxygens (including phenoxy) is 2. The Morgan fingerprint density at radius 3 is 2.89 bits per heavy atom. The summed E-state index contributed by atoms with van der Waals surface area (Å²) in [5.74, 6) is 1.54. The van der Waals surface area contributed by atoms with Crippen LogP contribution in [0.4, 0.5) is 0 Å². The third kappa shape index (κ3) is 3.91. The van der Waals surface area contributed by atoms with E-state index in [-0.39, 0.29) is 11.7 Å². The van der Waals surface area contributed by atoms with Crippen molar-refractivity contribution >= 4 is 17.2 Å². The summed E-state index contributed by atoms with van der Waals surface area (Å²) in [7, 11) is 0. The molecule has 3 aromatic rings. The van der Waals surface area contributed by atoms with Gasteiger partial charge in [0.25, 0.3) is 5.56 Å². The van der Waals surface area contributed by atoms with Crippen LogP contribution in [-0.4, -0.2) is 40.1 Å². The highest BCUT2D eigenvalue weighted by Crippen LogP contribution is 2.31. The summed E-state index contributed by atoms with van der Waals surface area (Å²) in [5.41, 5.74) is 1.17. The van der Waals surface area contributed by atoms with Crippen molar-refractivity contribution in [2.45, 2.75) is 19.6 Å². The summed E-state index contributed by atoms with van der Waals surface area (Å²) in [6.07, 6.45) is 1.51. The van der Waals surface area contributed by atoms with Crippen molar-refractivity contribution in [2.24, 2.45) is 0 Å². The second kappa shape index (κ2) is 7.58. The van der Waals surface area contributed by atoms with Crippen LogP contribution in [0.15, 0.2) is 53.5 Å². The van der Waals surface area contributed by atoms with E-state index in [1.165, 1.54) is 4.40 Å². The molecule has 1 aromatic carbocycles. The summed E-state index contributed by atoms with van der Waals surface area (Å²) in [6, 6.07) is 12.7. The van der Waals surface area contributed by atoms with Gasteiger partial charge in [-0.3, -0.25) is 14.1 Å². The van der Waals surface area contributed by atoms with Crippen molar-refractivity contribution in [3.05, 3.63) is 69.7 Å². The van der Waals surface area contributed by atoms with E-state index in [0.717, 1.165) is 23.7 Å². The SMILES string of the molecule is CCN(Cc1cc(=O)n2cc(Cl)ccc2n1)C[C@H]1COc2ccccc2O1. The largest absolute Gasteiger partial charge is 0.486 e. The van der Waals surface area contributed by atoms with E-state index < -0.39 is 0 Å². The third-order valence-corrected chi connectivity index (χ3v) is 4.76. The Morgan fingerprint density at radius 2 is 2.07 bits per heavy atom. The molecule has 0 aliphatic carbocycles. The highest BCUT2D eigenvalue weighted by Gasteiger charge is 2.23. The maximum absolute atomic E-state index is 12.3. The summed E-state index contributed by atoms with van der Waals surface area (Å²) in [4.78, 5) is 19.1. The minimum atomic E-state index is -0.139. The zero-order valence-corrected chi connectivity index (χ0v) is 15.7. The third-order valence-electron chi connectivity index (χ3n) is 4.54. The number of pyridine rings is 1. The number of para-hydroxylation sites is 2. The molecule has 0 fully saturated rings. The Labute approximate surface area is 161 Å². The molecule has 0 radical (unpaired) electrons. The number of hydrogen-bond acceptors (Lipinski definition) is 5. The number of hydrogen-bond donors (Lipinski definition) is 0. The molecule has 4 rings (SSSR count). The Kier molecular flexibility index (Phi) is 5.01. The highest BCUT2D eigenvalue weighted by molar-refractivity contribution is 6.30. The number of rotatable bonds is 5. The van der Waals surface area contributed by atoms with Crippen molar-refractivity contribution in [3.63, 3.8) is 0 Å². The second-order valence-corrected chi connectivity index (χ2v) is 6.92. The lowest BCUT2D eigenvalue weighted by molar-refractivity contribution is 0.0577. The lowest BCUT2D eigenvalue weighted by Crippen LogP contribution is -2.41. The predicted molar refractivity (Wildman–Crippen MR) is 104 cm³/mol. The van der Waals surface area contributed by atoms with Crippen LogP contribution >= 0.6 is 11.6 Å². The summed E-state index contributed by atoms with van der Waals surface area (Å²) in [5, 5.41) is 0.504. The van der Waals surface area contributed by atoms with Crippen LogP contribution in [0.5, 0.6) is 11.5 Å². The Bertz CT molecular complexity index is 1020. The van der Waals surface area contributed by atoms with Gasteiger partial charge in [-0.2, -0.15) is 0 Å². The normalized spacial score (nSPS) is 16.0. The summed E-state index contributed by atoms with van der Waals surface area (Å²) < 4.78 is 13.3. The van der Waals surface area contributed by atoms with E-state index in [9.17, 15) is 4.79 Å². The molecule has 0 spiro atoms. The highest BCUT2D eigenvalue weighted by atomic mass is 35.5. The monoisotopic (exact) mass is 385 g/mol. The van der Waals surface area contributed by atoms with E-state index in [4.69, 9.17) is 21.1 Å². The molecule has 0 bridgehead atoms. The topological polar surface area (TPSA) is 56.1 Å². The van der Waals surface area contributed by atoms with Crippen molar-refractivity contribution in [2.75, 3.05) is 19.7 Å². The summed E-state index contributed by atoms with van der Waals surface area (Å²) >= 11 is 5.96. The van der Waals surface area contributed by atoms with Crippen LogP contribution in [0.25, 0.3) is 5.65 Å². The Morgan fingerprint density at radius 1 is 1.26 bits per heavy atom. The van der Waals surface area contributed by atoms with Gasteiger partial charge in [0, 0.05) is 25.4 Å². The van der Waals surface area contributed by atoms with Gasteiger partial charge in [-0.1, -0.05) is 30.7 Å². The Hall–Kier alpha value is -2.57. The van der Waals surface area contributed by atoms with Gasteiger partial charge in [0.15, 0.2) is 11.5 Å².